The van der Waals surface area contributed by atoms with Crippen molar-refractivity contribution in [2.24, 2.45) is 5.18 Å². The van der Waals surface area contributed by atoms with Crippen molar-refractivity contribution in [3.63, 3.8) is 0 Å². The number of nitroso groups, excluding NO2 is 1. The number of hydrogen-bond donors (Lipinski definition) is 2. The number of ether oxygens (including phenoxy) is 1. The van der Waals surface area contributed by atoms with Crippen LogP contribution in [0.5, 0.6) is 0 Å². The van der Waals surface area contributed by atoms with Gasteiger partial charge in [0.1, 0.15) is 11.9 Å². The molecule has 1 aliphatic rings. The number of ketones is 1. The molecule has 8 heteroatoms. The minimum atomic E-state index is -1.26. The Labute approximate surface area is 194 Å². The van der Waals surface area contributed by atoms with Crippen LogP contribution in [0.25, 0.3) is 5.57 Å². The highest BCUT2D eigenvalue weighted by atomic mass is 19.1. The summed E-state index contributed by atoms with van der Waals surface area (Å²) in [5.41, 5.74) is 2.01. The van der Waals surface area contributed by atoms with Gasteiger partial charge in [-0.1, -0.05) is 48.2 Å². The van der Waals surface area contributed by atoms with Gasteiger partial charge in [0.15, 0.2) is 11.8 Å². The third-order valence-corrected chi connectivity index (χ3v) is 5.65. The number of unbranched alkanes of at least 4 members (excludes halogenated alkanes) is 2. The number of piperidine rings is 1. The molecule has 2 unspecified atom stereocenters. The summed E-state index contributed by atoms with van der Waals surface area (Å²) >= 11 is 0. The molecule has 3 atom stereocenters. The molecule has 1 fully saturated rings. The molecule has 0 saturated carbocycles. The monoisotopic (exact) mass is 460 g/mol. The Balaban J connectivity index is 1.74. The number of carbonyl (C=O) groups is 1. The van der Waals surface area contributed by atoms with Crippen LogP contribution in [0.2, 0.25) is 0 Å². The molecule has 0 aromatic heterocycles. The second-order valence-electron chi connectivity index (χ2n) is 8.00. The molecule has 7 nitrogen and oxygen atoms in total. The molecule has 1 aliphatic heterocycles. The van der Waals surface area contributed by atoms with Crippen molar-refractivity contribution < 1.29 is 24.1 Å². The van der Waals surface area contributed by atoms with Crippen LogP contribution in [0.1, 0.15) is 37.3 Å². The van der Waals surface area contributed by atoms with Crippen molar-refractivity contribution in [3.8, 4) is 0 Å². The van der Waals surface area contributed by atoms with Gasteiger partial charge in [0.25, 0.3) is 0 Å². The predicted octanol–water partition coefficient (Wildman–Crippen LogP) is 3.40. The summed E-state index contributed by atoms with van der Waals surface area (Å²) in [6, 6.07) is 3.12. The van der Waals surface area contributed by atoms with Crippen molar-refractivity contribution in [2.45, 2.75) is 51.0 Å². The number of rotatable bonds is 13. The maximum absolute atomic E-state index is 14.5. The lowest BCUT2D eigenvalue weighted by Crippen LogP contribution is -2.59. The minimum Gasteiger partial charge on any atom is -0.395 e. The number of Topliss-reactive ketones (excluding diaryl/α,β-unsaturated/α-hetero) is 1. The number of nitrogens with zero attached hydrogens (tertiary/aromatic N) is 2. The van der Waals surface area contributed by atoms with E-state index in [9.17, 15) is 24.3 Å². The number of benzene rings is 1. The van der Waals surface area contributed by atoms with Gasteiger partial charge in [-0.05, 0) is 49.9 Å². The fourth-order valence-corrected chi connectivity index (χ4v) is 3.94. The van der Waals surface area contributed by atoms with E-state index in [1.807, 2.05) is 25.1 Å². The van der Waals surface area contributed by atoms with Gasteiger partial charge in [-0.15, -0.1) is 4.91 Å². The Morgan fingerprint density at radius 3 is 2.79 bits per heavy atom. The lowest BCUT2D eigenvalue weighted by molar-refractivity contribution is -0.137. The van der Waals surface area contributed by atoms with Gasteiger partial charge in [0, 0.05) is 18.7 Å². The van der Waals surface area contributed by atoms with Crippen molar-refractivity contribution in [1.29, 1.82) is 0 Å². The van der Waals surface area contributed by atoms with E-state index < -0.39 is 24.0 Å². The summed E-state index contributed by atoms with van der Waals surface area (Å²) in [5.74, 6) is -0.945. The van der Waals surface area contributed by atoms with Crippen LogP contribution in [0.3, 0.4) is 0 Å². The molecule has 1 aromatic carbocycles. The first kappa shape index (κ1) is 26.7. The van der Waals surface area contributed by atoms with E-state index in [-0.39, 0.29) is 19.0 Å². The van der Waals surface area contributed by atoms with Gasteiger partial charge in [-0.2, -0.15) is 0 Å². The molecule has 0 amide bonds. The van der Waals surface area contributed by atoms with Gasteiger partial charge >= 0.3 is 0 Å². The fourth-order valence-electron chi connectivity index (χ4n) is 3.94. The molecule has 1 heterocycles. The van der Waals surface area contributed by atoms with E-state index in [1.54, 1.807) is 23.1 Å². The second-order valence-corrected chi connectivity index (χ2v) is 8.00. The molecule has 1 saturated heterocycles. The zero-order chi connectivity index (χ0) is 24.2. The van der Waals surface area contributed by atoms with Crippen LogP contribution in [0.15, 0.2) is 54.3 Å². The molecular weight excluding hydrogens is 427 g/mol. The quantitative estimate of drug-likeness (QED) is 0.266. The number of halogens is 1. The van der Waals surface area contributed by atoms with Crippen molar-refractivity contribution in [1.82, 2.24) is 4.90 Å². The third kappa shape index (κ3) is 7.50. The molecule has 2 rings (SSSR count). The Kier molecular flexibility index (Phi) is 11.3. The maximum atomic E-state index is 14.5. The highest BCUT2D eigenvalue weighted by Gasteiger charge is 2.42. The molecule has 1 aromatic rings. The molecule has 0 radical (unpaired) electrons. The Morgan fingerprint density at radius 1 is 1.36 bits per heavy atom. The van der Waals surface area contributed by atoms with Crippen LogP contribution < -0.4 is 0 Å². The smallest absolute Gasteiger partial charge is 0.192 e. The van der Waals surface area contributed by atoms with E-state index in [1.165, 1.54) is 6.07 Å². The fraction of sp³-hybridized carbons (Fsp3) is 0.480. The largest absolute Gasteiger partial charge is 0.395 e. The molecule has 33 heavy (non-hydrogen) atoms. The summed E-state index contributed by atoms with van der Waals surface area (Å²) in [5, 5.41) is 22.2. The van der Waals surface area contributed by atoms with Crippen LogP contribution in [0.4, 0.5) is 4.39 Å². The minimum absolute atomic E-state index is 0.0892. The summed E-state index contributed by atoms with van der Waals surface area (Å²) in [7, 11) is 0. The number of allylic oxidation sites excluding steroid dienone is 5. The average Bonchev–Trinajstić information content (AvgIpc) is 2.80. The summed E-state index contributed by atoms with van der Waals surface area (Å²) in [4.78, 5) is 24.5. The Morgan fingerprint density at radius 2 is 2.15 bits per heavy atom. The van der Waals surface area contributed by atoms with E-state index in [0.717, 1.165) is 30.4 Å². The molecular formula is C25H33FN2O5. The lowest BCUT2D eigenvalue weighted by atomic mass is 9.93. The second kappa shape index (κ2) is 13.9. The zero-order valence-electron chi connectivity index (χ0n) is 19.0. The predicted molar refractivity (Wildman–Crippen MR) is 126 cm³/mol. The first-order chi connectivity index (χ1) is 16.0. The molecule has 0 aliphatic carbocycles. The summed E-state index contributed by atoms with van der Waals surface area (Å²) in [6.07, 6.45) is 8.16. The van der Waals surface area contributed by atoms with E-state index >= 15 is 0 Å². The van der Waals surface area contributed by atoms with Crippen LogP contribution in [-0.2, 0) is 16.1 Å². The first-order valence-electron chi connectivity index (χ1n) is 11.2. The highest BCUT2D eigenvalue weighted by Crippen LogP contribution is 2.22. The van der Waals surface area contributed by atoms with Crippen LogP contribution in [-0.4, -0.2) is 65.4 Å². The van der Waals surface area contributed by atoms with Crippen molar-refractivity contribution in [3.05, 3.63) is 70.9 Å². The summed E-state index contributed by atoms with van der Waals surface area (Å²) < 4.78 is 20.2. The van der Waals surface area contributed by atoms with E-state index in [0.29, 0.717) is 25.3 Å². The number of aliphatic hydroxyl groups excluding tert-OH is 2. The number of aliphatic hydroxyl groups is 2. The van der Waals surface area contributed by atoms with E-state index in [2.05, 4.69) is 11.8 Å². The van der Waals surface area contributed by atoms with Crippen LogP contribution >= 0.6 is 0 Å². The first-order valence-corrected chi connectivity index (χ1v) is 11.2. The van der Waals surface area contributed by atoms with Gasteiger partial charge in [0.05, 0.1) is 19.3 Å². The molecule has 180 valence electrons. The topological polar surface area (TPSA) is 99.4 Å². The molecule has 2 N–H and O–H groups in total. The number of β-amino-alcohol motifs (C(OH)–C–C–N with tert-alkyl or cyclic N) is 1. The standard InChI is InChI=1S/C25H33FN2O5/c1-3-8-19(9-4-2)20-11-10-18(14-21(20)26)17-33-13-7-5-6-12-28-15-23(30)25(31)24(27-32)22(28)16-29/h3-4,8-11,14,22-24,29-30H,1,5-7,12-13,15-17H2,2H3/b9-4-,19-8+/t22?,23-,24?/m0/s1. The molecule has 0 bridgehead atoms. The zero-order valence-corrected chi connectivity index (χ0v) is 19.0. The number of carbonyl (C=O) groups excluding carboxylic acids is 1. The van der Waals surface area contributed by atoms with Crippen molar-refractivity contribution >= 4 is 11.4 Å². The molecule has 0 spiro atoms. The number of hydrogen-bond acceptors (Lipinski definition) is 7. The Bertz CT molecular complexity index is 870. The highest BCUT2D eigenvalue weighted by molar-refractivity contribution is 5.90. The number of likely N-dealkylation sites (tertiary alicyclic amines) is 1. The Hall–Kier alpha value is -2.52. The maximum Gasteiger partial charge on any atom is 0.192 e. The SMILES string of the molecule is C=C/C=C(\C=C/C)c1ccc(COCCCCCN2C[C@H](O)C(=O)C(N=O)C2CO)cc1F. The van der Waals surface area contributed by atoms with Crippen LogP contribution in [0, 0.1) is 10.7 Å². The summed E-state index contributed by atoms with van der Waals surface area (Å²) in [6.45, 7) is 6.60. The van der Waals surface area contributed by atoms with Gasteiger partial charge in [-0.3, -0.25) is 9.69 Å². The lowest BCUT2D eigenvalue weighted by Gasteiger charge is -2.38. The van der Waals surface area contributed by atoms with Gasteiger partial charge in [-0.25, -0.2) is 4.39 Å². The third-order valence-electron chi connectivity index (χ3n) is 5.65. The average molecular weight is 461 g/mol. The van der Waals surface area contributed by atoms with Gasteiger partial charge in [0.2, 0.25) is 0 Å². The normalized spacial score (nSPS) is 22.1. The van der Waals surface area contributed by atoms with Gasteiger partial charge < -0.3 is 14.9 Å². The van der Waals surface area contributed by atoms with E-state index in [4.69, 9.17) is 4.74 Å². The van der Waals surface area contributed by atoms with Crippen molar-refractivity contribution in [2.75, 3.05) is 26.3 Å².